The number of benzene rings is 1. The first-order valence-corrected chi connectivity index (χ1v) is 6.10. The molecule has 0 aliphatic rings. The molecule has 0 saturated heterocycles. The zero-order valence-corrected chi connectivity index (χ0v) is 10.5. The molecular weight excluding hydrogens is 273 g/mol. The number of rotatable bonds is 4. The van der Waals surface area contributed by atoms with Crippen LogP contribution in [0, 0.1) is 0 Å². The van der Waals surface area contributed by atoms with Gasteiger partial charge in [-0.3, -0.25) is 4.79 Å². The molecule has 0 aliphatic carbocycles. The van der Waals surface area contributed by atoms with Crippen LogP contribution in [0.25, 0.3) is 0 Å². The molecule has 0 unspecified atom stereocenters. The number of halogens is 4. The highest BCUT2D eigenvalue weighted by atomic mass is 35.5. The lowest BCUT2D eigenvalue weighted by molar-refractivity contribution is -0.116. The second kappa shape index (κ2) is 5.78. The van der Waals surface area contributed by atoms with E-state index in [0.717, 1.165) is 0 Å². The van der Waals surface area contributed by atoms with E-state index in [-0.39, 0.29) is 34.7 Å². The summed E-state index contributed by atoms with van der Waals surface area (Å²) in [5.41, 5.74) is -3.28. The summed E-state index contributed by atoms with van der Waals surface area (Å²) >= 11 is 5.40. The number of hydrogen-bond donors (Lipinski definition) is 0. The minimum atomic E-state index is -4.35. The second-order valence-corrected chi connectivity index (χ2v) is 4.88. The number of ketones is 1. The number of carbonyl (C=O) groups is 1. The Hall–Kier alpha value is -0.680. The Balaban J connectivity index is 3.06. The average molecular weight is 283 g/mol. The maximum Gasteiger partial charge on any atom is 0.446 e. The van der Waals surface area contributed by atoms with Crippen LogP contribution in [-0.4, -0.2) is 11.3 Å². The Morgan fingerprint density at radius 3 is 2.53 bits per heavy atom. The first-order valence-electron chi connectivity index (χ1n) is 4.75. The normalized spacial score (nSPS) is 11.6. The maximum atomic E-state index is 12.3. The van der Waals surface area contributed by atoms with Crippen LogP contribution < -0.4 is 0 Å². The van der Waals surface area contributed by atoms with Crippen LogP contribution >= 0.6 is 23.4 Å². The molecule has 1 aromatic carbocycles. The van der Waals surface area contributed by atoms with Crippen LogP contribution in [0.3, 0.4) is 0 Å². The fourth-order valence-corrected chi connectivity index (χ4v) is 2.16. The number of Topliss-reactive ketones (excluding diaryl/α,β-unsaturated/α-hetero) is 1. The van der Waals surface area contributed by atoms with Crippen molar-refractivity contribution in [1.82, 2.24) is 0 Å². The van der Waals surface area contributed by atoms with Gasteiger partial charge in [-0.2, -0.15) is 13.2 Å². The zero-order valence-electron chi connectivity index (χ0n) is 8.97. The van der Waals surface area contributed by atoms with Crippen molar-refractivity contribution in [1.29, 1.82) is 0 Å². The van der Waals surface area contributed by atoms with E-state index in [4.69, 9.17) is 11.6 Å². The van der Waals surface area contributed by atoms with Gasteiger partial charge in [-0.1, -0.05) is 12.1 Å². The standard InChI is InChI=1S/C11H10ClF3OS/c1-7(16)4-9-5-8(6-12)2-3-10(9)17-11(13,14)15/h2-3,5H,4,6H2,1H3. The predicted molar refractivity (Wildman–Crippen MR) is 62.3 cm³/mol. The van der Waals surface area contributed by atoms with E-state index >= 15 is 0 Å². The fraction of sp³-hybridized carbons (Fsp3) is 0.364. The molecular formula is C11H10ClF3OS. The number of carbonyl (C=O) groups excluding carboxylic acids is 1. The summed E-state index contributed by atoms with van der Waals surface area (Å²) in [5.74, 6) is 0.0303. The van der Waals surface area contributed by atoms with Crippen molar-refractivity contribution in [2.75, 3.05) is 0 Å². The quantitative estimate of drug-likeness (QED) is 0.609. The van der Waals surface area contributed by atoms with E-state index in [9.17, 15) is 18.0 Å². The highest BCUT2D eigenvalue weighted by Crippen LogP contribution is 2.39. The largest absolute Gasteiger partial charge is 0.446 e. The van der Waals surface area contributed by atoms with Gasteiger partial charge in [0.05, 0.1) is 0 Å². The Labute approximate surface area is 106 Å². The molecule has 0 spiro atoms. The second-order valence-electron chi connectivity index (χ2n) is 3.50. The SMILES string of the molecule is CC(=O)Cc1cc(CCl)ccc1SC(F)(F)F. The molecule has 94 valence electrons. The van der Waals surface area contributed by atoms with Gasteiger partial charge in [0.25, 0.3) is 0 Å². The zero-order chi connectivity index (χ0) is 13.1. The van der Waals surface area contributed by atoms with Crippen molar-refractivity contribution < 1.29 is 18.0 Å². The van der Waals surface area contributed by atoms with E-state index in [2.05, 4.69) is 0 Å². The van der Waals surface area contributed by atoms with Crippen molar-refractivity contribution in [3.05, 3.63) is 29.3 Å². The molecule has 0 aliphatic heterocycles. The van der Waals surface area contributed by atoms with Crippen molar-refractivity contribution in [2.45, 2.75) is 29.6 Å². The molecule has 0 atom stereocenters. The Bertz CT molecular complexity index is 418. The Kier molecular flexibility index (Phi) is 4.89. The van der Waals surface area contributed by atoms with Crippen LogP contribution in [0.1, 0.15) is 18.1 Å². The summed E-state index contributed by atoms with van der Waals surface area (Å²) in [6.45, 7) is 1.34. The van der Waals surface area contributed by atoms with Crippen molar-refractivity contribution in [2.24, 2.45) is 0 Å². The number of thioether (sulfide) groups is 1. The molecule has 0 aromatic heterocycles. The van der Waals surface area contributed by atoms with Crippen molar-refractivity contribution in [3.8, 4) is 0 Å². The fourth-order valence-electron chi connectivity index (χ4n) is 1.35. The molecule has 0 bridgehead atoms. The van der Waals surface area contributed by atoms with Gasteiger partial charge in [-0.25, -0.2) is 0 Å². The summed E-state index contributed by atoms with van der Waals surface area (Å²) in [6.07, 6.45) is -0.0108. The van der Waals surface area contributed by atoms with Crippen LogP contribution in [0.5, 0.6) is 0 Å². The lowest BCUT2D eigenvalue weighted by Gasteiger charge is -2.11. The predicted octanol–water partition coefficient (Wildman–Crippen LogP) is 4.17. The molecule has 0 heterocycles. The van der Waals surface area contributed by atoms with Crippen molar-refractivity contribution in [3.63, 3.8) is 0 Å². The van der Waals surface area contributed by atoms with E-state index in [1.807, 2.05) is 0 Å². The first kappa shape index (κ1) is 14.4. The van der Waals surface area contributed by atoms with E-state index < -0.39 is 5.51 Å². The molecule has 6 heteroatoms. The van der Waals surface area contributed by atoms with Gasteiger partial charge < -0.3 is 0 Å². The van der Waals surface area contributed by atoms with E-state index in [1.165, 1.54) is 19.1 Å². The molecule has 1 nitrogen and oxygen atoms in total. The van der Waals surface area contributed by atoms with Gasteiger partial charge in [0.1, 0.15) is 5.78 Å². The topological polar surface area (TPSA) is 17.1 Å². The third-order valence-corrected chi connectivity index (χ3v) is 3.10. The Morgan fingerprint density at radius 2 is 2.06 bits per heavy atom. The highest BCUT2D eigenvalue weighted by molar-refractivity contribution is 8.00. The maximum absolute atomic E-state index is 12.3. The molecule has 0 N–H and O–H groups in total. The third-order valence-electron chi connectivity index (χ3n) is 1.94. The third kappa shape index (κ3) is 5.00. The lowest BCUT2D eigenvalue weighted by atomic mass is 10.1. The van der Waals surface area contributed by atoms with Gasteiger partial charge in [-0.15, -0.1) is 11.6 Å². The van der Waals surface area contributed by atoms with Crippen LogP contribution in [-0.2, 0) is 17.1 Å². The molecule has 0 amide bonds. The molecule has 0 radical (unpaired) electrons. The molecule has 0 saturated carbocycles. The summed E-state index contributed by atoms with van der Waals surface area (Å²) in [6, 6.07) is 4.43. The Morgan fingerprint density at radius 1 is 1.41 bits per heavy atom. The van der Waals surface area contributed by atoms with Gasteiger partial charge in [0, 0.05) is 17.2 Å². The average Bonchev–Trinajstić information content (AvgIpc) is 2.17. The lowest BCUT2D eigenvalue weighted by Crippen LogP contribution is -2.04. The van der Waals surface area contributed by atoms with Crippen LogP contribution in [0.4, 0.5) is 13.2 Å². The van der Waals surface area contributed by atoms with Crippen LogP contribution in [0.15, 0.2) is 23.1 Å². The minimum Gasteiger partial charge on any atom is -0.300 e. The summed E-state index contributed by atoms with van der Waals surface area (Å²) in [7, 11) is 0. The first-order chi connectivity index (χ1) is 7.81. The molecule has 1 rings (SSSR count). The van der Waals surface area contributed by atoms with E-state index in [1.54, 1.807) is 6.07 Å². The summed E-state index contributed by atoms with van der Waals surface area (Å²) in [5, 5.41) is 0. The van der Waals surface area contributed by atoms with Crippen LogP contribution in [0.2, 0.25) is 0 Å². The van der Waals surface area contributed by atoms with Gasteiger partial charge in [0.2, 0.25) is 0 Å². The van der Waals surface area contributed by atoms with Gasteiger partial charge in [-0.05, 0) is 35.9 Å². The van der Waals surface area contributed by atoms with E-state index in [0.29, 0.717) is 11.1 Å². The summed E-state index contributed by atoms with van der Waals surface area (Å²) in [4.78, 5) is 11.1. The summed E-state index contributed by atoms with van der Waals surface area (Å²) < 4.78 is 36.9. The smallest absolute Gasteiger partial charge is 0.300 e. The van der Waals surface area contributed by atoms with Gasteiger partial charge >= 0.3 is 5.51 Å². The number of hydrogen-bond acceptors (Lipinski definition) is 2. The molecule has 0 fully saturated rings. The molecule has 1 aromatic rings. The highest BCUT2D eigenvalue weighted by Gasteiger charge is 2.30. The number of alkyl halides is 4. The van der Waals surface area contributed by atoms with Gasteiger partial charge in [0.15, 0.2) is 0 Å². The van der Waals surface area contributed by atoms with Crippen molar-refractivity contribution >= 4 is 29.1 Å². The molecule has 17 heavy (non-hydrogen) atoms. The monoisotopic (exact) mass is 282 g/mol. The minimum absolute atomic E-state index is 0.0108.